The Hall–Kier alpha value is -0.180. The fraction of sp³-hybridized carbons (Fsp3) is 0.833. The van der Waals surface area contributed by atoms with Crippen molar-refractivity contribution in [3.05, 3.63) is 0 Å². The smallest absolute Gasteiger partial charge is 0.319 e. The molecule has 0 aliphatic carbocycles. The van der Waals surface area contributed by atoms with E-state index in [0.717, 1.165) is 13.3 Å². The van der Waals surface area contributed by atoms with E-state index in [9.17, 15) is 9.36 Å². The first-order chi connectivity index (χ1) is 5.00. The van der Waals surface area contributed by atoms with Gasteiger partial charge in [0, 0.05) is 6.92 Å². The van der Waals surface area contributed by atoms with E-state index in [2.05, 4.69) is 4.52 Å². The van der Waals surface area contributed by atoms with Crippen molar-refractivity contribution < 1.29 is 18.8 Å². The van der Waals surface area contributed by atoms with Gasteiger partial charge in [-0.15, -0.1) is 0 Å². The number of unbranched alkanes of at least 4 members (excludes halogenated alkanes) is 1. The Bertz CT molecular complexity index is 177. The van der Waals surface area contributed by atoms with Crippen LogP contribution in [-0.4, -0.2) is 17.0 Å². The average Bonchev–Trinajstić information content (AvgIpc) is 1.88. The first-order valence-electron chi connectivity index (χ1n) is 3.49. The highest BCUT2D eigenvalue weighted by Gasteiger charge is 2.25. The van der Waals surface area contributed by atoms with Crippen LogP contribution in [0.2, 0.25) is 0 Å². The van der Waals surface area contributed by atoms with Crippen LogP contribution in [-0.2, 0) is 13.9 Å². The van der Waals surface area contributed by atoms with Crippen molar-refractivity contribution in [2.75, 3.05) is 6.61 Å². The quantitative estimate of drug-likeness (QED) is 0.514. The van der Waals surface area contributed by atoms with Gasteiger partial charge in [-0.3, -0.25) is 9.36 Å². The summed E-state index contributed by atoms with van der Waals surface area (Å²) in [6, 6.07) is 0. The number of carbonyl (C=O) groups is 1. The largest absolute Gasteiger partial charge is 0.393 e. The second-order valence-corrected chi connectivity index (χ2v) is 4.16. The summed E-state index contributed by atoms with van der Waals surface area (Å²) in [5, 5.41) is 0. The van der Waals surface area contributed by atoms with Crippen LogP contribution in [0.3, 0.4) is 0 Å². The molecular weight excluding hydrogens is 167 g/mol. The van der Waals surface area contributed by atoms with Gasteiger partial charge in [-0.2, -0.15) is 0 Å². The Morgan fingerprint density at radius 1 is 1.64 bits per heavy atom. The minimum atomic E-state index is -3.93. The Morgan fingerprint density at radius 2 is 2.18 bits per heavy atom. The first-order valence-corrected chi connectivity index (χ1v) is 5.07. The van der Waals surface area contributed by atoms with E-state index < -0.39 is 13.1 Å². The molecule has 0 saturated heterocycles. The maximum Gasteiger partial charge on any atom is 0.393 e. The van der Waals surface area contributed by atoms with Crippen LogP contribution in [0, 0.1) is 0 Å². The molecule has 0 heterocycles. The molecule has 0 radical (unpaired) electrons. The lowest BCUT2D eigenvalue weighted by Gasteiger charge is -2.06. The second-order valence-electron chi connectivity index (χ2n) is 2.23. The zero-order valence-corrected chi connectivity index (χ0v) is 7.63. The predicted molar refractivity (Wildman–Crippen MR) is 41.4 cm³/mol. The van der Waals surface area contributed by atoms with Crippen LogP contribution in [0.25, 0.3) is 0 Å². The Kier molecular flexibility index (Phi) is 4.57. The van der Waals surface area contributed by atoms with Crippen molar-refractivity contribution >= 4 is 13.1 Å². The zero-order valence-electron chi connectivity index (χ0n) is 6.74. The second kappa shape index (κ2) is 4.65. The zero-order chi connectivity index (χ0) is 8.91. The van der Waals surface area contributed by atoms with E-state index in [-0.39, 0.29) is 6.61 Å². The summed E-state index contributed by atoms with van der Waals surface area (Å²) in [5.41, 5.74) is -0.798. The number of hydrogen-bond donors (Lipinski definition) is 1. The summed E-state index contributed by atoms with van der Waals surface area (Å²) in [4.78, 5) is 19.2. The molecule has 0 bridgehead atoms. The van der Waals surface area contributed by atoms with Gasteiger partial charge in [0.05, 0.1) is 6.61 Å². The van der Waals surface area contributed by atoms with Crippen molar-refractivity contribution in [3.63, 3.8) is 0 Å². The van der Waals surface area contributed by atoms with Gasteiger partial charge in [0.15, 0.2) is 0 Å². The standard InChI is InChI=1S/C6H13O4P/c1-3-4-5-10-11(8,9)6(2)7/h3-5H2,1-2H3,(H,8,9). The van der Waals surface area contributed by atoms with Crippen LogP contribution in [0.5, 0.6) is 0 Å². The Labute approximate surface area is 66.1 Å². The summed E-state index contributed by atoms with van der Waals surface area (Å²) in [6.45, 7) is 3.15. The van der Waals surface area contributed by atoms with Crippen molar-refractivity contribution in [1.82, 2.24) is 0 Å². The third-order valence-electron chi connectivity index (χ3n) is 1.16. The number of rotatable bonds is 5. The lowest BCUT2D eigenvalue weighted by Crippen LogP contribution is -1.99. The van der Waals surface area contributed by atoms with Gasteiger partial charge in [-0.25, -0.2) is 0 Å². The molecule has 0 saturated carbocycles. The molecule has 5 heteroatoms. The molecule has 0 rings (SSSR count). The minimum absolute atomic E-state index is 0.170. The highest BCUT2D eigenvalue weighted by atomic mass is 31.2. The third kappa shape index (κ3) is 4.30. The van der Waals surface area contributed by atoms with Gasteiger partial charge < -0.3 is 9.42 Å². The van der Waals surface area contributed by atoms with Gasteiger partial charge in [0.2, 0.25) is 5.52 Å². The third-order valence-corrected chi connectivity index (χ3v) is 2.49. The molecule has 1 atom stereocenters. The van der Waals surface area contributed by atoms with Gasteiger partial charge >= 0.3 is 7.60 Å². The highest BCUT2D eigenvalue weighted by molar-refractivity contribution is 7.70. The van der Waals surface area contributed by atoms with Gasteiger partial charge in [0.25, 0.3) is 0 Å². The fourth-order valence-corrected chi connectivity index (χ4v) is 0.982. The maximum atomic E-state index is 10.8. The molecule has 0 amide bonds. The molecule has 0 aromatic rings. The molecular formula is C6H13O4P. The molecule has 0 aromatic heterocycles. The van der Waals surface area contributed by atoms with E-state index in [0.29, 0.717) is 6.42 Å². The van der Waals surface area contributed by atoms with E-state index in [1.54, 1.807) is 0 Å². The molecule has 0 aromatic carbocycles. The van der Waals surface area contributed by atoms with Gasteiger partial charge in [-0.05, 0) is 6.42 Å². The molecule has 0 spiro atoms. The lowest BCUT2D eigenvalue weighted by atomic mass is 10.4. The van der Waals surface area contributed by atoms with Crippen LogP contribution < -0.4 is 0 Å². The Balaban J connectivity index is 3.74. The van der Waals surface area contributed by atoms with Crippen molar-refractivity contribution in [3.8, 4) is 0 Å². The van der Waals surface area contributed by atoms with Crippen LogP contribution in [0.15, 0.2) is 0 Å². The molecule has 66 valence electrons. The van der Waals surface area contributed by atoms with Crippen LogP contribution in [0.1, 0.15) is 26.7 Å². The fourth-order valence-electron chi connectivity index (χ4n) is 0.424. The van der Waals surface area contributed by atoms with Crippen LogP contribution in [0.4, 0.5) is 0 Å². The monoisotopic (exact) mass is 180 g/mol. The molecule has 0 fully saturated rings. The maximum absolute atomic E-state index is 10.8. The highest BCUT2D eigenvalue weighted by Crippen LogP contribution is 2.42. The molecule has 1 unspecified atom stereocenters. The molecule has 0 aliphatic heterocycles. The number of carbonyl (C=O) groups excluding carboxylic acids is 1. The van der Waals surface area contributed by atoms with Crippen LogP contribution >= 0.6 is 7.60 Å². The molecule has 4 nitrogen and oxygen atoms in total. The number of hydrogen-bond acceptors (Lipinski definition) is 3. The minimum Gasteiger partial charge on any atom is -0.319 e. The van der Waals surface area contributed by atoms with Gasteiger partial charge in [0.1, 0.15) is 0 Å². The first kappa shape index (κ1) is 10.8. The Morgan fingerprint density at radius 3 is 2.55 bits per heavy atom. The van der Waals surface area contributed by atoms with Gasteiger partial charge in [-0.1, -0.05) is 13.3 Å². The summed E-state index contributed by atoms with van der Waals surface area (Å²) < 4.78 is 15.3. The van der Waals surface area contributed by atoms with Crippen molar-refractivity contribution in [2.45, 2.75) is 26.7 Å². The molecule has 11 heavy (non-hydrogen) atoms. The SMILES string of the molecule is CCCCOP(=O)(O)C(C)=O. The van der Waals surface area contributed by atoms with Crippen molar-refractivity contribution in [1.29, 1.82) is 0 Å². The van der Waals surface area contributed by atoms with E-state index >= 15 is 0 Å². The molecule has 1 N–H and O–H groups in total. The summed E-state index contributed by atoms with van der Waals surface area (Å²) >= 11 is 0. The normalized spacial score (nSPS) is 15.9. The summed E-state index contributed by atoms with van der Waals surface area (Å²) in [7, 11) is -3.93. The topological polar surface area (TPSA) is 63.6 Å². The summed E-state index contributed by atoms with van der Waals surface area (Å²) in [6.07, 6.45) is 1.57. The average molecular weight is 180 g/mol. The van der Waals surface area contributed by atoms with E-state index in [1.807, 2.05) is 6.92 Å². The van der Waals surface area contributed by atoms with E-state index in [4.69, 9.17) is 4.89 Å². The van der Waals surface area contributed by atoms with Crippen molar-refractivity contribution in [2.24, 2.45) is 0 Å². The predicted octanol–water partition coefficient (Wildman–Crippen LogP) is 1.53. The molecule has 0 aliphatic rings. The summed E-state index contributed by atoms with van der Waals surface area (Å²) in [5.74, 6) is 0. The lowest BCUT2D eigenvalue weighted by molar-refractivity contribution is -0.111. The van der Waals surface area contributed by atoms with E-state index in [1.165, 1.54) is 0 Å².